The summed E-state index contributed by atoms with van der Waals surface area (Å²) >= 11 is 0. The normalized spacial score (nSPS) is 12.7. The van der Waals surface area contributed by atoms with E-state index >= 15 is 0 Å². The van der Waals surface area contributed by atoms with E-state index in [4.69, 9.17) is 5.73 Å². The van der Waals surface area contributed by atoms with Crippen LogP contribution in [0, 0.1) is 5.82 Å². The molecule has 15 heavy (non-hydrogen) atoms. The highest BCUT2D eigenvalue weighted by Crippen LogP contribution is 2.18. The van der Waals surface area contributed by atoms with E-state index in [0.717, 1.165) is 11.3 Å². The largest absolute Gasteiger partial charge is 0.319 e. The molecule has 3 nitrogen and oxygen atoms in total. The van der Waals surface area contributed by atoms with Crippen LogP contribution in [0.25, 0.3) is 0 Å². The van der Waals surface area contributed by atoms with Crippen molar-refractivity contribution in [1.29, 1.82) is 0 Å². The molecule has 2 N–H and O–H groups in total. The molecule has 1 unspecified atom stereocenters. The molecule has 1 aromatic heterocycles. The van der Waals surface area contributed by atoms with Gasteiger partial charge in [-0.05, 0) is 23.8 Å². The first-order valence-corrected chi connectivity index (χ1v) is 4.67. The highest BCUT2D eigenvalue weighted by atomic mass is 19.1. The lowest BCUT2D eigenvalue weighted by atomic mass is 10.0. The van der Waals surface area contributed by atoms with Gasteiger partial charge < -0.3 is 5.73 Å². The predicted molar refractivity (Wildman–Crippen MR) is 55.6 cm³/mol. The Kier molecular flexibility index (Phi) is 2.51. The van der Waals surface area contributed by atoms with Crippen molar-refractivity contribution >= 4 is 0 Å². The molecule has 0 amide bonds. The van der Waals surface area contributed by atoms with Gasteiger partial charge in [0.1, 0.15) is 5.82 Å². The zero-order valence-corrected chi connectivity index (χ0v) is 8.39. The number of nitrogens with zero attached hydrogens (tertiary/aromatic N) is 2. The maximum absolute atomic E-state index is 13.0. The van der Waals surface area contributed by atoms with E-state index in [1.807, 2.05) is 13.1 Å². The third kappa shape index (κ3) is 1.89. The van der Waals surface area contributed by atoms with Gasteiger partial charge in [-0.1, -0.05) is 12.1 Å². The fourth-order valence-corrected chi connectivity index (χ4v) is 1.56. The van der Waals surface area contributed by atoms with Crippen molar-refractivity contribution in [3.05, 3.63) is 53.6 Å². The summed E-state index contributed by atoms with van der Waals surface area (Å²) in [6, 6.07) is 7.79. The summed E-state index contributed by atoms with van der Waals surface area (Å²) < 4.78 is 14.7. The van der Waals surface area contributed by atoms with Crippen LogP contribution in [0.4, 0.5) is 4.39 Å². The topological polar surface area (TPSA) is 43.8 Å². The molecule has 78 valence electrons. The van der Waals surface area contributed by atoms with Gasteiger partial charge in [-0.15, -0.1) is 0 Å². The van der Waals surface area contributed by atoms with Gasteiger partial charge in [-0.3, -0.25) is 4.68 Å². The number of aryl methyl sites for hydroxylation is 1. The first-order chi connectivity index (χ1) is 7.18. The van der Waals surface area contributed by atoms with Crippen LogP contribution in [-0.2, 0) is 7.05 Å². The number of hydrogen-bond donors (Lipinski definition) is 1. The maximum atomic E-state index is 13.0. The molecule has 0 fully saturated rings. The summed E-state index contributed by atoms with van der Waals surface area (Å²) in [5.74, 6) is -0.273. The maximum Gasteiger partial charge on any atom is 0.123 e. The molecular weight excluding hydrogens is 193 g/mol. The van der Waals surface area contributed by atoms with Crippen LogP contribution in [0.3, 0.4) is 0 Å². The van der Waals surface area contributed by atoms with Crippen molar-refractivity contribution in [2.45, 2.75) is 6.04 Å². The van der Waals surface area contributed by atoms with E-state index in [-0.39, 0.29) is 11.9 Å². The number of hydrogen-bond acceptors (Lipinski definition) is 2. The lowest BCUT2D eigenvalue weighted by Crippen LogP contribution is -2.15. The molecular formula is C11H12FN3. The van der Waals surface area contributed by atoms with Gasteiger partial charge in [0.2, 0.25) is 0 Å². The Balaban J connectivity index is 2.36. The molecule has 1 atom stereocenters. The van der Waals surface area contributed by atoms with Gasteiger partial charge in [-0.2, -0.15) is 5.10 Å². The molecule has 0 bridgehead atoms. The smallest absolute Gasteiger partial charge is 0.123 e. The molecule has 1 heterocycles. The quantitative estimate of drug-likeness (QED) is 0.809. The Morgan fingerprint density at radius 3 is 2.80 bits per heavy atom. The monoisotopic (exact) mass is 205 g/mol. The zero-order valence-electron chi connectivity index (χ0n) is 8.39. The lowest BCUT2D eigenvalue weighted by molar-refractivity contribution is 0.619. The van der Waals surface area contributed by atoms with Crippen molar-refractivity contribution in [3.63, 3.8) is 0 Å². The minimum Gasteiger partial charge on any atom is -0.319 e. The van der Waals surface area contributed by atoms with E-state index in [1.165, 1.54) is 12.1 Å². The van der Waals surface area contributed by atoms with Gasteiger partial charge in [0.05, 0.1) is 11.7 Å². The van der Waals surface area contributed by atoms with Crippen LogP contribution in [0.1, 0.15) is 17.3 Å². The van der Waals surface area contributed by atoms with E-state index < -0.39 is 0 Å². The van der Waals surface area contributed by atoms with Crippen molar-refractivity contribution < 1.29 is 4.39 Å². The van der Waals surface area contributed by atoms with Crippen molar-refractivity contribution in [3.8, 4) is 0 Å². The number of benzene rings is 1. The van der Waals surface area contributed by atoms with Crippen molar-refractivity contribution in [2.24, 2.45) is 12.8 Å². The second kappa shape index (κ2) is 3.82. The molecule has 4 heteroatoms. The van der Waals surface area contributed by atoms with Crippen molar-refractivity contribution in [1.82, 2.24) is 9.78 Å². The summed E-state index contributed by atoms with van der Waals surface area (Å²) in [4.78, 5) is 0. The Bertz CT molecular complexity index is 464. The van der Waals surface area contributed by atoms with E-state index in [0.29, 0.717) is 0 Å². The lowest BCUT2D eigenvalue weighted by Gasteiger charge is -2.12. The van der Waals surface area contributed by atoms with Gasteiger partial charge in [0.15, 0.2) is 0 Å². The summed E-state index contributed by atoms with van der Waals surface area (Å²) in [5, 5.41) is 4.03. The third-order valence-electron chi connectivity index (χ3n) is 2.39. The molecule has 2 rings (SSSR count). The average Bonchev–Trinajstić information content (AvgIpc) is 2.63. The second-order valence-electron chi connectivity index (χ2n) is 3.41. The average molecular weight is 205 g/mol. The Morgan fingerprint density at radius 2 is 2.20 bits per heavy atom. The Hall–Kier alpha value is -1.68. The number of nitrogens with two attached hydrogens (primary N) is 1. The minimum atomic E-state index is -0.340. The van der Waals surface area contributed by atoms with Gasteiger partial charge in [0.25, 0.3) is 0 Å². The summed E-state index contributed by atoms with van der Waals surface area (Å²) in [7, 11) is 1.81. The molecule has 0 radical (unpaired) electrons. The Labute approximate surface area is 87.3 Å². The zero-order chi connectivity index (χ0) is 10.8. The van der Waals surface area contributed by atoms with Gasteiger partial charge in [-0.25, -0.2) is 4.39 Å². The molecule has 0 saturated heterocycles. The van der Waals surface area contributed by atoms with Crippen LogP contribution < -0.4 is 5.73 Å². The molecule has 1 aromatic carbocycles. The van der Waals surface area contributed by atoms with Gasteiger partial charge in [0, 0.05) is 13.2 Å². The molecule has 0 saturated carbocycles. The van der Waals surface area contributed by atoms with Gasteiger partial charge >= 0.3 is 0 Å². The number of rotatable bonds is 2. The van der Waals surface area contributed by atoms with Crippen LogP contribution in [0.15, 0.2) is 36.5 Å². The first kappa shape index (κ1) is 9.86. The van der Waals surface area contributed by atoms with Crippen LogP contribution in [0.5, 0.6) is 0 Å². The number of halogens is 1. The van der Waals surface area contributed by atoms with Crippen molar-refractivity contribution in [2.75, 3.05) is 0 Å². The van der Waals surface area contributed by atoms with Crippen LogP contribution in [0.2, 0.25) is 0 Å². The fraction of sp³-hybridized carbons (Fsp3) is 0.182. The van der Waals surface area contributed by atoms with E-state index in [2.05, 4.69) is 5.10 Å². The highest BCUT2D eigenvalue weighted by Gasteiger charge is 2.12. The molecule has 0 aliphatic rings. The number of aromatic nitrogens is 2. The second-order valence-corrected chi connectivity index (χ2v) is 3.41. The standard InChI is InChI=1S/C11H12FN3/c1-15-10(5-6-14-15)11(13)8-3-2-4-9(12)7-8/h2-7,11H,13H2,1H3. The molecule has 0 aliphatic carbocycles. The first-order valence-electron chi connectivity index (χ1n) is 4.67. The SMILES string of the molecule is Cn1nccc1C(N)c1cccc(F)c1. The molecule has 0 spiro atoms. The Morgan fingerprint density at radius 1 is 1.40 bits per heavy atom. The predicted octanol–water partition coefficient (Wildman–Crippen LogP) is 1.61. The van der Waals surface area contributed by atoms with E-state index in [1.54, 1.807) is 23.0 Å². The summed E-state index contributed by atoms with van der Waals surface area (Å²) in [6.07, 6.45) is 1.68. The summed E-state index contributed by atoms with van der Waals surface area (Å²) in [5.41, 5.74) is 7.61. The third-order valence-corrected chi connectivity index (χ3v) is 2.39. The van der Waals surface area contributed by atoms with E-state index in [9.17, 15) is 4.39 Å². The van der Waals surface area contributed by atoms with Crippen LogP contribution >= 0.6 is 0 Å². The summed E-state index contributed by atoms with van der Waals surface area (Å²) in [6.45, 7) is 0. The minimum absolute atomic E-state index is 0.273. The molecule has 2 aromatic rings. The highest BCUT2D eigenvalue weighted by molar-refractivity contribution is 5.27. The molecule has 0 aliphatic heterocycles. The fourth-order valence-electron chi connectivity index (χ4n) is 1.56. The van der Waals surface area contributed by atoms with Crippen LogP contribution in [-0.4, -0.2) is 9.78 Å².